The highest BCUT2D eigenvalue weighted by Crippen LogP contribution is 2.43. The van der Waals surface area contributed by atoms with Crippen LogP contribution < -0.4 is 0 Å². The predicted molar refractivity (Wildman–Crippen MR) is 103 cm³/mol. The lowest BCUT2D eigenvalue weighted by Crippen LogP contribution is -2.30. The van der Waals surface area contributed by atoms with Gasteiger partial charge in [-0.25, -0.2) is 0 Å². The van der Waals surface area contributed by atoms with Crippen LogP contribution in [0.4, 0.5) is 0 Å². The van der Waals surface area contributed by atoms with E-state index in [1.54, 1.807) is 0 Å². The molecule has 0 aliphatic heterocycles. The minimum atomic E-state index is 0.577. The molecular weight excluding hydrogens is 264 g/mol. The van der Waals surface area contributed by atoms with E-state index < -0.39 is 0 Å². The van der Waals surface area contributed by atoms with Crippen LogP contribution in [0.2, 0.25) is 0 Å². The molecule has 0 aliphatic carbocycles. The zero-order chi connectivity index (χ0) is 16.8. The Kier molecular flexibility index (Phi) is 13.4. The second-order valence-corrected chi connectivity index (χ2v) is 8.18. The summed E-state index contributed by atoms with van der Waals surface area (Å²) in [4.78, 5) is 0. The van der Waals surface area contributed by atoms with E-state index in [9.17, 15) is 0 Å². The standard InChI is InChI=1S/C22H46/c1-7-10-13-14-15-16-19-22(6,18-12-9-3)21(5)20(4)17-11-8-2/h20-21H,7-19H2,1-6H3. The first-order valence-corrected chi connectivity index (χ1v) is 10.5. The van der Waals surface area contributed by atoms with E-state index in [2.05, 4.69) is 41.5 Å². The number of unbranched alkanes of at least 4 members (excludes halogenated alkanes) is 7. The summed E-state index contributed by atoms with van der Waals surface area (Å²) in [6.07, 6.45) is 18.4. The summed E-state index contributed by atoms with van der Waals surface area (Å²) in [7, 11) is 0. The maximum Gasteiger partial charge on any atom is -0.0298 e. The third-order valence-corrected chi connectivity index (χ3v) is 6.17. The Hall–Kier alpha value is 0. The Balaban J connectivity index is 4.36. The molecule has 3 atom stereocenters. The average molecular weight is 311 g/mol. The maximum absolute atomic E-state index is 2.60. The highest BCUT2D eigenvalue weighted by Gasteiger charge is 2.32. The summed E-state index contributed by atoms with van der Waals surface area (Å²) in [5, 5.41) is 0. The van der Waals surface area contributed by atoms with Crippen LogP contribution in [0.5, 0.6) is 0 Å². The average Bonchev–Trinajstić information content (AvgIpc) is 2.53. The normalized spacial score (nSPS) is 17.2. The van der Waals surface area contributed by atoms with Crippen LogP contribution in [0.15, 0.2) is 0 Å². The highest BCUT2D eigenvalue weighted by molar-refractivity contribution is 4.83. The van der Waals surface area contributed by atoms with Crippen molar-refractivity contribution in [3.05, 3.63) is 0 Å². The first-order valence-electron chi connectivity index (χ1n) is 10.5. The van der Waals surface area contributed by atoms with E-state index in [0.717, 1.165) is 11.8 Å². The highest BCUT2D eigenvalue weighted by atomic mass is 14.4. The van der Waals surface area contributed by atoms with Gasteiger partial charge in [0.1, 0.15) is 0 Å². The topological polar surface area (TPSA) is 0 Å². The summed E-state index contributed by atoms with van der Waals surface area (Å²) in [6, 6.07) is 0. The first kappa shape index (κ1) is 22.0. The molecule has 0 heterocycles. The van der Waals surface area contributed by atoms with Gasteiger partial charge in [0.15, 0.2) is 0 Å². The van der Waals surface area contributed by atoms with Crippen molar-refractivity contribution in [2.24, 2.45) is 17.3 Å². The quantitative estimate of drug-likeness (QED) is 0.266. The molecule has 134 valence electrons. The fraction of sp³-hybridized carbons (Fsp3) is 1.00. The molecule has 0 N–H and O–H groups in total. The molecule has 0 spiro atoms. The SMILES string of the molecule is CCCCCCCCC(C)(CCCC)C(C)C(C)CCCC. The molecule has 0 aromatic heterocycles. The molecule has 0 aliphatic rings. The van der Waals surface area contributed by atoms with Crippen LogP contribution in [0.3, 0.4) is 0 Å². The van der Waals surface area contributed by atoms with E-state index in [4.69, 9.17) is 0 Å². The lowest BCUT2D eigenvalue weighted by molar-refractivity contribution is 0.105. The molecule has 0 amide bonds. The van der Waals surface area contributed by atoms with Crippen LogP contribution in [0.25, 0.3) is 0 Å². The minimum absolute atomic E-state index is 0.577. The van der Waals surface area contributed by atoms with Gasteiger partial charge in [0.05, 0.1) is 0 Å². The number of rotatable bonds is 15. The zero-order valence-corrected chi connectivity index (χ0v) is 16.8. The largest absolute Gasteiger partial charge is 0.0654 e. The van der Waals surface area contributed by atoms with Gasteiger partial charge in [-0.05, 0) is 30.1 Å². The number of hydrogen-bond donors (Lipinski definition) is 0. The first-order chi connectivity index (χ1) is 10.5. The van der Waals surface area contributed by atoms with Crippen molar-refractivity contribution in [1.82, 2.24) is 0 Å². The van der Waals surface area contributed by atoms with Gasteiger partial charge in [-0.2, -0.15) is 0 Å². The van der Waals surface area contributed by atoms with Crippen molar-refractivity contribution >= 4 is 0 Å². The molecule has 0 nitrogen and oxygen atoms in total. The van der Waals surface area contributed by atoms with Gasteiger partial charge >= 0.3 is 0 Å². The fourth-order valence-electron chi connectivity index (χ4n) is 3.93. The van der Waals surface area contributed by atoms with E-state index in [0.29, 0.717) is 5.41 Å². The Morgan fingerprint density at radius 2 is 1.14 bits per heavy atom. The van der Waals surface area contributed by atoms with Crippen LogP contribution >= 0.6 is 0 Å². The lowest BCUT2D eigenvalue weighted by atomic mass is 9.66. The molecule has 22 heavy (non-hydrogen) atoms. The van der Waals surface area contributed by atoms with E-state index in [-0.39, 0.29) is 0 Å². The molecule has 0 bridgehead atoms. The van der Waals surface area contributed by atoms with Crippen molar-refractivity contribution in [2.45, 2.75) is 125 Å². The Morgan fingerprint density at radius 1 is 0.636 bits per heavy atom. The van der Waals surface area contributed by atoms with E-state index in [1.165, 1.54) is 83.5 Å². The summed E-state index contributed by atoms with van der Waals surface area (Å²) in [5.74, 6) is 1.77. The van der Waals surface area contributed by atoms with Crippen LogP contribution in [-0.2, 0) is 0 Å². The predicted octanol–water partition coefficient (Wildman–Crippen LogP) is 8.40. The molecule has 0 heteroatoms. The fourth-order valence-corrected chi connectivity index (χ4v) is 3.93. The second-order valence-electron chi connectivity index (χ2n) is 8.18. The summed E-state index contributed by atoms with van der Waals surface area (Å²) in [6.45, 7) is 14.6. The molecule has 0 aromatic rings. The zero-order valence-electron chi connectivity index (χ0n) is 16.8. The van der Waals surface area contributed by atoms with Gasteiger partial charge in [0.2, 0.25) is 0 Å². The van der Waals surface area contributed by atoms with E-state index >= 15 is 0 Å². The van der Waals surface area contributed by atoms with Crippen LogP contribution in [-0.4, -0.2) is 0 Å². The van der Waals surface area contributed by atoms with Crippen molar-refractivity contribution in [3.63, 3.8) is 0 Å². The molecule has 0 saturated heterocycles. The van der Waals surface area contributed by atoms with Crippen molar-refractivity contribution in [2.75, 3.05) is 0 Å². The lowest BCUT2D eigenvalue weighted by Gasteiger charge is -2.40. The monoisotopic (exact) mass is 310 g/mol. The van der Waals surface area contributed by atoms with Crippen LogP contribution in [0, 0.1) is 17.3 Å². The molecule has 0 rings (SSSR count). The summed E-state index contributed by atoms with van der Waals surface area (Å²) < 4.78 is 0. The number of hydrogen-bond acceptors (Lipinski definition) is 0. The van der Waals surface area contributed by atoms with Crippen molar-refractivity contribution in [3.8, 4) is 0 Å². The maximum atomic E-state index is 2.60. The third-order valence-electron chi connectivity index (χ3n) is 6.17. The molecule has 0 saturated carbocycles. The van der Waals surface area contributed by atoms with Gasteiger partial charge in [0, 0.05) is 0 Å². The summed E-state index contributed by atoms with van der Waals surface area (Å²) >= 11 is 0. The van der Waals surface area contributed by atoms with E-state index in [1.807, 2.05) is 0 Å². The van der Waals surface area contributed by atoms with Gasteiger partial charge in [-0.1, -0.05) is 112 Å². The molecule has 0 aromatic carbocycles. The minimum Gasteiger partial charge on any atom is -0.0654 e. The van der Waals surface area contributed by atoms with Gasteiger partial charge in [-0.3, -0.25) is 0 Å². The molecule has 0 radical (unpaired) electrons. The van der Waals surface area contributed by atoms with Crippen molar-refractivity contribution < 1.29 is 0 Å². The van der Waals surface area contributed by atoms with Gasteiger partial charge < -0.3 is 0 Å². The molecule has 0 fully saturated rings. The smallest absolute Gasteiger partial charge is 0.0298 e. The molecule has 3 unspecified atom stereocenters. The Morgan fingerprint density at radius 3 is 1.73 bits per heavy atom. The van der Waals surface area contributed by atoms with Gasteiger partial charge in [-0.15, -0.1) is 0 Å². The second kappa shape index (κ2) is 13.4. The summed E-state index contributed by atoms with van der Waals surface area (Å²) in [5.41, 5.74) is 0.577. The Labute approximate surface area is 142 Å². The van der Waals surface area contributed by atoms with Crippen LogP contribution in [0.1, 0.15) is 125 Å². The third kappa shape index (κ3) is 9.21. The van der Waals surface area contributed by atoms with Crippen molar-refractivity contribution in [1.29, 1.82) is 0 Å². The Bertz CT molecular complexity index is 232. The molecular formula is C22H46. The van der Waals surface area contributed by atoms with Gasteiger partial charge in [0.25, 0.3) is 0 Å².